The first-order valence-electron chi connectivity index (χ1n) is 14.6. The van der Waals surface area contributed by atoms with E-state index < -0.39 is 11.6 Å². The molecular weight excluding hydrogens is 622 g/mol. The van der Waals surface area contributed by atoms with Crippen LogP contribution in [0.4, 0.5) is 0 Å². The summed E-state index contributed by atoms with van der Waals surface area (Å²) in [5.74, 6) is 1.54. The molecule has 2 atom stereocenters. The van der Waals surface area contributed by atoms with Crippen molar-refractivity contribution in [3.05, 3.63) is 130 Å². The van der Waals surface area contributed by atoms with Crippen molar-refractivity contribution in [1.82, 2.24) is 10.9 Å². The van der Waals surface area contributed by atoms with Gasteiger partial charge in [-0.3, -0.25) is 10.2 Å². The predicted octanol–water partition coefficient (Wildman–Crippen LogP) is 5.58. The third kappa shape index (κ3) is 7.30. The van der Waals surface area contributed by atoms with Gasteiger partial charge in [-0.05, 0) is 53.9 Å². The molecule has 1 amide bonds. The standard InChI is InChI=1S/C35H36BrN3O5/c1-42-31-15-8-5-12-26(31)20-21-37-39-34(41)35(24-25-10-3-2-4-11-25)32(29-13-6-7-14-30(29)36)44-33(38-35)27-16-18-28(19-17-27)43-23-9-22-40/h2-8,10-19,32,37,40H,9,20-24H2,1H3,(H,39,41)/t32-,35-/m0/s1. The number of aliphatic hydroxyl groups is 1. The smallest absolute Gasteiger partial charge is 0.266 e. The number of carbonyl (C=O) groups excluding carboxylic acids is 1. The molecule has 0 radical (unpaired) electrons. The monoisotopic (exact) mass is 657 g/mol. The topological polar surface area (TPSA) is 101 Å². The van der Waals surface area contributed by atoms with Gasteiger partial charge in [0.25, 0.3) is 5.91 Å². The molecule has 44 heavy (non-hydrogen) atoms. The molecule has 1 aliphatic heterocycles. The van der Waals surface area contributed by atoms with Crippen LogP contribution in [-0.4, -0.2) is 49.3 Å². The number of ether oxygens (including phenoxy) is 3. The van der Waals surface area contributed by atoms with Gasteiger partial charge in [0.1, 0.15) is 11.5 Å². The molecule has 0 bridgehead atoms. The highest BCUT2D eigenvalue weighted by atomic mass is 79.9. The molecule has 0 spiro atoms. The molecule has 0 unspecified atom stereocenters. The molecule has 0 aromatic heterocycles. The molecule has 1 aliphatic rings. The van der Waals surface area contributed by atoms with Crippen LogP contribution >= 0.6 is 15.9 Å². The number of aliphatic imine (C=N–C) groups is 1. The summed E-state index contributed by atoms with van der Waals surface area (Å²) in [4.78, 5) is 19.4. The Morgan fingerprint density at radius 3 is 2.45 bits per heavy atom. The minimum Gasteiger partial charge on any atom is -0.496 e. The van der Waals surface area contributed by atoms with Gasteiger partial charge in [0, 0.05) is 41.6 Å². The number of amides is 1. The zero-order chi connectivity index (χ0) is 30.8. The number of hydrogen-bond acceptors (Lipinski definition) is 7. The summed E-state index contributed by atoms with van der Waals surface area (Å²) in [6, 6.07) is 32.8. The number of hydrazine groups is 1. The van der Waals surface area contributed by atoms with E-state index in [4.69, 9.17) is 24.3 Å². The first kappa shape index (κ1) is 31.3. The Labute approximate surface area is 266 Å². The molecule has 3 N–H and O–H groups in total. The summed E-state index contributed by atoms with van der Waals surface area (Å²) in [6.07, 6.45) is 0.798. The first-order valence-corrected chi connectivity index (χ1v) is 15.4. The molecule has 1 heterocycles. The third-order valence-electron chi connectivity index (χ3n) is 7.45. The van der Waals surface area contributed by atoms with E-state index in [2.05, 4.69) is 26.8 Å². The second-order valence-corrected chi connectivity index (χ2v) is 11.3. The van der Waals surface area contributed by atoms with Crippen molar-refractivity contribution in [2.75, 3.05) is 26.9 Å². The Hall–Kier alpha value is -4.18. The summed E-state index contributed by atoms with van der Waals surface area (Å²) in [7, 11) is 1.65. The van der Waals surface area contributed by atoms with Crippen molar-refractivity contribution in [3.63, 3.8) is 0 Å². The van der Waals surface area contributed by atoms with Gasteiger partial charge >= 0.3 is 0 Å². The zero-order valence-corrected chi connectivity index (χ0v) is 26.1. The van der Waals surface area contributed by atoms with Crippen molar-refractivity contribution in [2.45, 2.75) is 30.9 Å². The van der Waals surface area contributed by atoms with Crippen LogP contribution in [0.25, 0.3) is 0 Å². The minimum atomic E-state index is -1.33. The van der Waals surface area contributed by atoms with Gasteiger partial charge in [-0.15, -0.1) is 0 Å². The van der Waals surface area contributed by atoms with Crippen LogP contribution in [0.15, 0.2) is 113 Å². The normalized spacial score (nSPS) is 17.4. The van der Waals surface area contributed by atoms with E-state index in [1.807, 2.05) is 103 Å². The quantitative estimate of drug-likeness (QED) is 0.121. The Kier molecular flexibility index (Phi) is 10.7. The van der Waals surface area contributed by atoms with Crippen molar-refractivity contribution >= 4 is 27.7 Å². The number of halogens is 1. The number of carbonyl (C=O) groups is 1. The number of rotatable bonds is 14. The van der Waals surface area contributed by atoms with Gasteiger partial charge in [0.2, 0.25) is 5.90 Å². The molecule has 0 aliphatic carbocycles. The third-order valence-corrected chi connectivity index (χ3v) is 8.17. The Bertz CT molecular complexity index is 1560. The van der Waals surface area contributed by atoms with Gasteiger partial charge in [-0.2, -0.15) is 0 Å². The summed E-state index contributed by atoms with van der Waals surface area (Å²) in [6.45, 7) is 0.976. The van der Waals surface area contributed by atoms with Crippen molar-refractivity contribution in [3.8, 4) is 11.5 Å². The fourth-order valence-electron chi connectivity index (χ4n) is 5.21. The highest BCUT2D eigenvalue weighted by Crippen LogP contribution is 2.44. The van der Waals surface area contributed by atoms with Crippen LogP contribution < -0.4 is 20.3 Å². The van der Waals surface area contributed by atoms with Gasteiger partial charge in [0.15, 0.2) is 11.6 Å². The van der Waals surface area contributed by atoms with Crippen LogP contribution in [0, 0.1) is 0 Å². The number of aliphatic hydroxyl groups excluding tert-OH is 1. The zero-order valence-electron chi connectivity index (χ0n) is 24.5. The molecular formula is C35H36BrN3O5. The summed E-state index contributed by atoms with van der Waals surface area (Å²) >= 11 is 3.69. The minimum absolute atomic E-state index is 0.0695. The Balaban J connectivity index is 1.46. The highest BCUT2D eigenvalue weighted by Gasteiger charge is 2.53. The second kappa shape index (κ2) is 15.0. The van der Waals surface area contributed by atoms with Gasteiger partial charge in [0.05, 0.1) is 13.7 Å². The maximum absolute atomic E-state index is 14.3. The molecule has 9 heteroatoms. The lowest BCUT2D eigenvalue weighted by atomic mass is 9.82. The van der Waals surface area contributed by atoms with E-state index in [9.17, 15) is 4.79 Å². The number of nitrogens with zero attached hydrogens (tertiary/aromatic N) is 1. The van der Waals surface area contributed by atoms with Crippen LogP contribution in [0.5, 0.6) is 11.5 Å². The maximum Gasteiger partial charge on any atom is 0.266 e. The van der Waals surface area contributed by atoms with E-state index in [1.54, 1.807) is 7.11 Å². The molecule has 5 rings (SSSR count). The lowest BCUT2D eigenvalue weighted by molar-refractivity contribution is -0.130. The molecule has 4 aromatic rings. The van der Waals surface area contributed by atoms with Crippen molar-refractivity contribution in [1.29, 1.82) is 0 Å². The summed E-state index contributed by atoms with van der Waals surface area (Å²) < 4.78 is 18.6. The van der Waals surface area contributed by atoms with Crippen LogP contribution in [0.1, 0.15) is 34.8 Å². The predicted molar refractivity (Wildman–Crippen MR) is 174 cm³/mol. The Morgan fingerprint density at radius 1 is 0.977 bits per heavy atom. The van der Waals surface area contributed by atoms with Crippen molar-refractivity contribution in [2.24, 2.45) is 4.99 Å². The molecule has 0 saturated heterocycles. The summed E-state index contributed by atoms with van der Waals surface area (Å²) in [5.41, 5.74) is 8.28. The molecule has 0 saturated carbocycles. The van der Waals surface area contributed by atoms with Gasteiger partial charge in [-0.1, -0.05) is 82.7 Å². The van der Waals surface area contributed by atoms with E-state index >= 15 is 0 Å². The SMILES string of the molecule is COc1ccccc1CCNNC(=O)[C@@]1(Cc2ccccc2)N=C(c2ccc(OCCCO)cc2)O[C@H]1c1ccccc1Br. The van der Waals surface area contributed by atoms with E-state index in [0.29, 0.717) is 44.1 Å². The number of nitrogens with one attached hydrogen (secondary N) is 2. The molecule has 8 nitrogen and oxygen atoms in total. The van der Waals surface area contributed by atoms with Gasteiger partial charge < -0.3 is 19.3 Å². The van der Waals surface area contributed by atoms with E-state index in [1.165, 1.54) is 0 Å². The van der Waals surface area contributed by atoms with Crippen LogP contribution in [0.3, 0.4) is 0 Å². The van der Waals surface area contributed by atoms with E-state index in [0.717, 1.165) is 32.5 Å². The number of benzene rings is 4. The Morgan fingerprint density at radius 2 is 1.70 bits per heavy atom. The fraction of sp³-hybridized carbons (Fsp3) is 0.257. The maximum atomic E-state index is 14.3. The van der Waals surface area contributed by atoms with Gasteiger partial charge in [-0.25, -0.2) is 10.4 Å². The average Bonchev–Trinajstić information content (AvgIpc) is 3.44. The fourth-order valence-corrected chi connectivity index (χ4v) is 5.70. The summed E-state index contributed by atoms with van der Waals surface area (Å²) in [5, 5.41) is 9.05. The van der Waals surface area contributed by atoms with E-state index in [-0.39, 0.29) is 12.5 Å². The van der Waals surface area contributed by atoms with Crippen LogP contribution in [0.2, 0.25) is 0 Å². The highest BCUT2D eigenvalue weighted by molar-refractivity contribution is 9.10. The first-order chi connectivity index (χ1) is 21.5. The van der Waals surface area contributed by atoms with Crippen molar-refractivity contribution < 1.29 is 24.1 Å². The van der Waals surface area contributed by atoms with Crippen LogP contribution in [-0.2, 0) is 22.4 Å². The largest absolute Gasteiger partial charge is 0.496 e. The lowest BCUT2D eigenvalue weighted by Gasteiger charge is -2.31. The molecule has 228 valence electrons. The number of methoxy groups -OCH3 is 1. The molecule has 0 fully saturated rings. The second-order valence-electron chi connectivity index (χ2n) is 10.4. The lowest BCUT2D eigenvalue weighted by Crippen LogP contribution is -2.54. The number of para-hydroxylation sites is 1. The average molecular weight is 659 g/mol. The number of hydrogen-bond donors (Lipinski definition) is 3. The molecule has 4 aromatic carbocycles.